The van der Waals surface area contributed by atoms with Crippen molar-refractivity contribution in [1.82, 2.24) is 25.0 Å². The zero-order valence-electron chi connectivity index (χ0n) is 16.2. The summed E-state index contributed by atoms with van der Waals surface area (Å²) in [4.78, 5) is 23.5. The topological polar surface area (TPSA) is 51.7 Å². The van der Waals surface area contributed by atoms with Gasteiger partial charge >= 0.3 is 6.03 Å². The van der Waals surface area contributed by atoms with E-state index < -0.39 is 0 Å². The third kappa shape index (κ3) is 5.68. The molecule has 0 atom stereocenters. The van der Waals surface area contributed by atoms with Crippen molar-refractivity contribution in [3.8, 4) is 0 Å². The van der Waals surface area contributed by atoms with Crippen LogP contribution in [0.5, 0.6) is 0 Å². The first-order valence-electron chi connectivity index (χ1n) is 9.99. The molecule has 2 saturated heterocycles. The van der Waals surface area contributed by atoms with E-state index in [0.29, 0.717) is 12.0 Å². The molecule has 2 amide bonds. The lowest BCUT2D eigenvalue weighted by atomic mass is 10.0. The summed E-state index contributed by atoms with van der Waals surface area (Å²) >= 11 is 0. The second-order valence-electron chi connectivity index (χ2n) is 8.04. The Morgan fingerprint density at radius 2 is 1.73 bits per heavy atom. The van der Waals surface area contributed by atoms with E-state index >= 15 is 0 Å². The number of piperazine rings is 1. The Kier molecular flexibility index (Phi) is 6.86. The molecule has 1 N–H and O–H groups in total. The summed E-state index contributed by atoms with van der Waals surface area (Å²) in [5.41, 5.74) is 1.31. The van der Waals surface area contributed by atoms with Crippen molar-refractivity contribution in [2.45, 2.75) is 39.3 Å². The van der Waals surface area contributed by atoms with E-state index in [2.05, 4.69) is 46.1 Å². The van der Waals surface area contributed by atoms with Crippen LogP contribution in [-0.4, -0.2) is 77.6 Å². The molecule has 0 aromatic carbocycles. The second-order valence-corrected chi connectivity index (χ2v) is 8.04. The number of hydrogen-bond donors (Lipinski definition) is 1. The van der Waals surface area contributed by atoms with E-state index in [1.54, 1.807) is 0 Å². The van der Waals surface area contributed by atoms with Crippen molar-refractivity contribution in [2.24, 2.45) is 5.92 Å². The van der Waals surface area contributed by atoms with Crippen molar-refractivity contribution in [3.05, 3.63) is 30.1 Å². The van der Waals surface area contributed by atoms with Crippen LogP contribution in [0.25, 0.3) is 0 Å². The van der Waals surface area contributed by atoms with Gasteiger partial charge in [-0.3, -0.25) is 14.8 Å². The Labute approximate surface area is 157 Å². The second kappa shape index (κ2) is 9.33. The van der Waals surface area contributed by atoms with E-state index in [-0.39, 0.29) is 6.03 Å². The molecule has 26 heavy (non-hydrogen) atoms. The SMILES string of the molecule is CC(C)CN1CCN(C(=O)NC2CCN(Cc3ccncc3)CC2)CC1. The standard InChI is InChI=1S/C20H33N5O/c1-17(2)15-24-11-13-25(14-12-24)20(26)22-19-5-9-23(10-6-19)16-18-3-7-21-8-4-18/h3-4,7-8,17,19H,5-6,9-16H2,1-2H3,(H,22,26). The van der Waals surface area contributed by atoms with Crippen LogP contribution in [0.3, 0.4) is 0 Å². The molecule has 0 radical (unpaired) electrons. The highest BCUT2D eigenvalue weighted by molar-refractivity contribution is 5.74. The Morgan fingerprint density at radius 1 is 1.08 bits per heavy atom. The summed E-state index contributed by atoms with van der Waals surface area (Å²) in [5, 5.41) is 3.26. The molecule has 0 saturated carbocycles. The number of carbonyl (C=O) groups is 1. The van der Waals surface area contributed by atoms with Crippen LogP contribution in [0.4, 0.5) is 4.79 Å². The van der Waals surface area contributed by atoms with Crippen LogP contribution in [-0.2, 0) is 6.54 Å². The average Bonchev–Trinajstić information content (AvgIpc) is 2.64. The first-order valence-corrected chi connectivity index (χ1v) is 9.99. The normalized spacial score (nSPS) is 20.5. The van der Waals surface area contributed by atoms with Crippen molar-refractivity contribution in [2.75, 3.05) is 45.8 Å². The third-order valence-corrected chi connectivity index (χ3v) is 5.35. The predicted octanol–water partition coefficient (Wildman–Crippen LogP) is 2.03. The minimum atomic E-state index is 0.127. The number of aromatic nitrogens is 1. The number of amides is 2. The average molecular weight is 360 g/mol. The minimum absolute atomic E-state index is 0.127. The van der Waals surface area contributed by atoms with Crippen molar-refractivity contribution in [1.29, 1.82) is 0 Å². The van der Waals surface area contributed by atoms with Gasteiger partial charge in [0.1, 0.15) is 0 Å². The number of nitrogens with zero attached hydrogens (tertiary/aromatic N) is 4. The fourth-order valence-electron chi connectivity index (χ4n) is 3.90. The lowest BCUT2D eigenvalue weighted by molar-refractivity contribution is 0.124. The van der Waals surface area contributed by atoms with Crippen LogP contribution >= 0.6 is 0 Å². The molecule has 6 heteroatoms. The van der Waals surface area contributed by atoms with Crippen LogP contribution < -0.4 is 5.32 Å². The quantitative estimate of drug-likeness (QED) is 0.874. The summed E-state index contributed by atoms with van der Waals surface area (Å²) in [6, 6.07) is 4.59. The van der Waals surface area contributed by atoms with Gasteiger partial charge in [-0.1, -0.05) is 13.8 Å². The molecule has 0 unspecified atom stereocenters. The highest BCUT2D eigenvalue weighted by atomic mass is 16.2. The van der Waals surface area contributed by atoms with Gasteiger partial charge in [0.2, 0.25) is 0 Å². The summed E-state index contributed by atoms with van der Waals surface area (Å²) in [6.45, 7) is 12.4. The molecule has 0 spiro atoms. The number of rotatable bonds is 5. The number of hydrogen-bond acceptors (Lipinski definition) is 4. The van der Waals surface area contributed by atoms with Gasteiger partial charge in [-0.15, -0.1) is 0 Å². The van der Waals surface area contributed by atoms with Crippen LogP contribution in [0.2, 0.25) is 0 Å². The highest BCUT2D eigenvalue weighted by Gasteiger charge is 2.25. The number of likely N-dealkylation sites (tertiary alicyclic amines) is 1. The molecule has 2 aliphatic rings. The van der Waals surface area contributed by atoms with Gasteiger partial charge < -0.3 is 10.2 Å². The Hall–Kier alpha value is -1.66. The maximum atomic E-state index is 12.5. The highest BCUT2D eigenvalue weighted by Crippen LogP contribution is 2.14. The molecular formula is C20H33N5O. The molecule has 3 rings (SSSR count). The van der Waals surface area contributed by atoms with E-state index in [1.165, 1.54) is 5.56 Å². The molecule has 6 nitrogen and oxygen atoms in total. The van der Waals surface area contributed by atoms with Gasteiger partial charge in [0, 0.05) is 70.8 Å². The fraction of sp³-hybridized carbons (Fsp3) is 0.700. The molecule has 2 aliphatic heterocycles. The minimum Gasteiger partial charge on any atom is -0.335 e. The Bertz CT molecular complexity index is 549. The Balaban J connectivity index is 1.36. The van der Waals surface area contributed by atoms with Crippen molar-refractivity contribution >= 4 is 6.03 Å². The van der Waals surface area contributed by atoms with E-state index in [9.17, 15) is 4.79 Å². The lowest BCUT2D eigenvalue weighted by Gasteiger charge is -2.37. The first kappa shape index (κ1) is 19.1. The van der Waals surface area contributed by atoms with E-state index in [4.69, 9.17) is 0 Å². The van der Waals surface area contributed by atoms with E-state index in [1.807, 2.05) is 17.3 Å². The summed E-state index contributed by atoms with van der Waals surface area (Å²) < 4.78 is 0. The summed E-state index contributed by atoms with van der Waals surface area (Å²) in [7, 11) is 0. The van der Waals surface area contributed by atoms with Crippen LogP contribution in [0, 0.1) is 5.92 Å². The van der Waals surface area contributed by atoms with Crippen molar-refractivity contribution < 1.29 is 4.79 Å². The zero-order valence-corrected chi connectivity index (χ0v) is 16.2. The van der Waals surface area contributed by atoms with E-state index in [0.717, 1.165) is 65.2 Å². The lowest BCUT2D eigenvalue weighted by Crippen LogP contribution is -2.55. The number of nitrogens with one attached hydrogen (secondary N) is 1. The third-order valence-electron chi connectivity index (χ3n) is 5.35. The van der Waals surface area contributed by atoms with Crippen LogP contribution in [0.15, 0.2) is 24.5 Å². The molecule has 0 bridgehead atoms. The van der Waals surface area contributed by atoms with Gasteiger partial charge in [-0.2, -0.15) is 0 Å². The van der Waals surface area contributed by atoms with Gasteiger partial charge in [-0.25, -0.2) is 4.79 Å². The predicted molar refractivity (Wildman–Crippen MR) is 104 cm³/mol. The summed E-state index contributed by atoms with van der Waals surface area (Å²) in [6.07, 6.45) is 5.76. The molecule has 0 aliphatic carbocycles. The van der Waals surface area contributed by atoms with Gasteiger partial charge in [0.05, 0.1) is 0 Å². The fourth-order valence-corrected chi connectivity index (χ4v) is 3.90. The monoisotopic (exact) mass is 359 g/mol. The number of carbonyl (C=O) groups excluding carboxylic acids is 1. The molecule has 1 aromatic heterocycles. The van der Waals surface area contributed by atoms with Gasteiger partial charge in [0.15, 0.2) is 0 Å². The molecule has 1 aromatic rings. The van der Waals surface area contributed by atoms with Crippen LogP contribution in [0.1, 0.15) is 32.3 Å². The van der Waals surface area contributed by atoms with Gasteiger partial charge in [0.25, 0.3) is 0 Å². The molecule has 144 valence electrons. The maximum absolute atomic E-state index is 12.5. The van der Waals surface area contributed by atoms with Crippen molar-refractivity contribution in [3.63, 3.8) is 0 Å². The number of pyridine rings is 1. The summed E-state index contributed by atoms with van der Waals surface area (Å²) in [5.74, 6) is 0.688. The largest absolute Gasteiger partial charge is 0.335 e. The Morgan fingerprint density at radius 3 is 2.35 bits per heavy atom. The molecule has 2 fully saturated rings. The molecular weight excluding hydrogens is 326 g/mol. The maximum Gasteiger partial charge on any atom is 0.317 e. The van der Waals surface area contributed by atoms with Gasteiger partial charge in [-0.05, 0) is 36.5 Å². The smallest absolute Gasteiger partial charge is 0.317 e. The number of urea groups is 1. The zero-order chi connectivity index (χ0) is 18.4. The first-order chi connectivity index (χ1) is 12.6. The number of piperidine rings is 1. The molecule has 3 heterocycles.